The summed E-state index contributed by atoms with van der Waals surface area (Å²) in [5.74, 6) is -1.20. The molecule has 20 heteroatoms. The van der Waals surface area contributed by atoms with Gasteiger partial charge in [-0.2, -0.15) is 18.2 Å². The van der Waals surface area contributed by atoms with E-state index in [0.717, 1.165) is 19.2 Å². The predicted molar refractivity (Wildman–Crippen MR) is 129 cm³/mol. The maximum atomic E-state index is 13.6. The van der Waals surface area contributed by atoms with Gasteiger partial charge in [0.25, 0.3) is 0 Å². The molecule has 0 bridgehead atoms. The zero-order valence-electron chi connectivity index (χ0n) is 20.9. The molecule has 4 N–H and O–H groups in total. The van der Waals surface area contributed by atoms with Crippen LogP contribution in [0.4, 0.5) is 19.0 Å². The first kappa shape index (κ1) is 31.9. The first-order valence-corrected chi connectivity index (χ1v) is 12.6. The minimum absolute atomic E-state index is 0.166. The highest BCUT2D eigenvalue weighted by atomic mass is 31.1. The van der Waals surface area contributed by atoms with Crippen LogP contribution in [0.25, 0.3) is 10.4 Å². The van der Waals surface area contributed by atoms with Crippen molar-refractivity contribution in [3.63, 3.8) is 0 Å². The van der Waals surface area contributed by atoms with Gasteiger partial charge in [0.1, 0.15) is 24.6 Å². The number of nitrogens with zero attached hydrogens (tertiary/aromatic N) is 6. The standard InChI is InChI=1S/C21H23F3N7O9P/c1-11(17(34)37-9-12-5-3-2-4-6-12)28-41(36)40-18(21(22,23)24)38-10-20(29-30-26)15(33)14(32)16(39-20)31-8-7-13(25)27-19(31)35/h2-8,11,14-16,18,32-33H,9-10H2,1H3,(H2,25,27,35)/t11-,14+,15-,16+,18?,20?/m0/s1. The van der Waals surface area contributed by atoms with Crippen LogP contribution < -0.4 is 16.3 Å². The van der Waals surface area contributed by atoms with Gasteiger partial charge in [-0.1, -0.05) is 40.2 Å². The van der Waals surface area contributed by atoms with Gasteiger partial charge in [-0.15, -0.1) is 4.52 Å². The van der Waals surface area contributed by atoms with Crippen LogP contribution in [-0.2, 0) is 30.1 Å². The molecule has 1 aliphatic rings. The molecule has 2 heterocycles. The largest absolute Gasteiger partial charge is 0.583 e. The second kappa shape index (κ2) is 13.3. The van der Waals surface area contributed by atoms with Crippen LogP contribution in [0.1, 0.15) is 18.7 Å². The Morgan fingerprint density at radius 1 is 1.37 bits per heavy atom. The molecule has 41 heavy (non-hydrogen) atoms. The second-order valence-electron chi connectivity index (χ2n) is 8.43. The van der Waals surface area contributed by atoms with E-state index in [1.165, 1.54) is 0 Å². The summed E-state index contributed by atoms with van der Waals surface area (Å²) < 4.78 is 64.2. The van der Waals surface area contributed by atoms with Crippen molar-refractivity contribution in [2.75, 3.05) is 12.3 Å². The summed E-state index contributed by atoms with van der Waals surface area (Å²) in [6.07, 6.45) is -13.7. The molecule has 0 aliphatic carbocycles. The average molecular weight is 605 g/mol. The molecular weight excluding hydrogens is 582 g/mol. The molecule has 1 fully saturated rings. The molecule has 0 amide bonds. The van der Waals surface area contributed by atoms with Crippen LogP contribution >= 0.6 is 8.17 Å². The quantitative estimate of drug-likeness (QED) is 0.0815. The van der Waals surface area contributed by atoms with Gasteiger partial charge < -0.3 is 35.1 Å². The number of aliphatic hydroxyl groups excluding tert-OH is 2. The number of aliphatic hydroxyl groups is 2. The number of rotatable bonds is 11. The highest BCUT2D eigenvalue weighted by Crippen LogP contribution is 2.40. The molecule has 3 unspecified atom stereocenters. The Balaban J connectivity index is 1.72. The fourth-order valence-electron chi connectivity index (χ4n) is 3.45. The number of alkyl halides is 3. The number of ether oxygens (including phenoxy) is 3. The predicted octanol–water partition coefficient (Wildman–Crippen LogP) is 0.992. The minimum atomic E-state index is -5.35. The fraction of sp³-hybridized carbons (Fsp3) is 0.476. The molecular formula is C21H23F3N7O9P. The van der Waals surface area contributed by atoms with E-state index >= 15 is 0 Å². The summed E-state index contributed by atoms with van der Waals surface area (Å²) in [5, 5.41) is 24.1. The topological polar surface area (TPSA) is 240 Å². The normalized spacial score (nSPS) is 24.4. The van der Waals surface area contributed by atoms with E-state index in [1.807, 2.05) is 0 Å². The SMILES string of the molecule is C[C@H](N=[P+]([O-])OC(OCC1(N=[N+]=[N-])O[C@@H](n2ccc(N)nc2=O)[C@H](O)[C@@H]1O)C(F)(F)F)C(=O)OCc1ccccc1. The third kappa shape index (κ3) is 7.96. The third-order valence-electron chi connectivity index (χ3n) is 5.47. The molecule has 0 spiro atoms. The van der Waals surface area contributed by atoms with Crippen molar-refractivity contribution in [1.29, 1.82) is 0 Å². The van der Waals surface area contributed by atoms with E-state index in [2.05, 4.69) is 29.0 Å². The molecule has 16 nitrogen and oxygen atoms in total. The van der Waals surface area contributed by atoms with Crippen molar-refractivity contribution in [2.45, 2.75) is 56.2 Å². The van der Waals surface area contributed by atoms with Gasteiger partial charge in [-0.25, -0.2) is 9.59 Å². The van der Waals surface area contributed by atoms with E-state index in [9.17, 15) is 37.9 Å². The number of hydrogen-bond acceptors (Lipinski definition) is 13. The van der Waals surface area contributed by atoms with Crippen molar-refractivity contribution >= 4 is 20.0 Å². The molecule has 0 radical (unpaired) electrons. The summed E-state index contributed by atoms with van der Waals surface area (Å²) in [5.41, 5.74) is 11.2. The van der Waals surface area contributed by atoms with Crippen LogP contribution in [0.5, 0.6) is 0 Å². The van der Waals surface area contributed by atoms with Crippen molar-refractivity contribution < 1.29 is 51.8 Å². The molecule has 1 saturated heterocycles. The lowest BCUT2D eigenvalue weighted by molar-refractivity contribution is -0.307. The lowest BCUT2D eigenvalue weighted by Gasteiger charge is -2.28. The van der Waals surface area contributed by atoms with Crippen molar-refractivity contribution in [3.05, 3.63) is 69.1 Å². The lowest BCUT2D eigenvalue weighted by Crippen LogP contribution is -2.47. The van der Waals surface area contributed by atoms with Gasteiger partial charge in [0, 0.05) is 11.1 Å². The van der Waals surface area contributed by atoms with E-state index in [-0.39, 0.29) is 12.4 Å². The summed E-state index contributed by atoms with van der Waals surface area (Å²) in [4.78, 5) is 42.3. The molecule has 0 saturated carbocycles. The molecule has 1 aliphatic heterocycles. The van der Waals surface area contributed by atoms with E-state index in [1.54, 1.807) is 30.3 Å². The summed E-state index contributed by atoms with van der Waals surface area (Å²) in [7, 11) is -3.53. The Labute approximate surface area is 229 Å². The summed E-state index contributed by atoms with van der Waals surface area (Å²) in [6, 6.07) is 8.06. The van der Waals surface area contributed by atoms with E-state index < -0.39 is 69.1 Å². The number of nitrogens with two attached hydrogens (primary N) is 1. The van der Waals surface area contributed by atoms with Gasteiger partial charge in [0.15, 0.2) is 12.3 Å². The van der Waals surface area contributed by atoms with Crippen LogP contribution in [0.15, 0.2) is 57.2 Å². The number of nitrogen functional groups attached to an aromatic ring is 1. The molecule has 3 rings (SSSR count). The number of aromatic nitrogens is 2. The molecule has 1 aromatic carbocycles. The van der Waals surface area contributed by atoms with Crippen LogP contribution in [0, 0.1) is 0 Å². The number of carbonyl (C=O) groups excluding carboxylic acids is 1. The molecule has 7 atom stereocenters. The van der Waals surface area contributed by atoms with Crippen molar-refractivity contribution in [2.24, 2.45) is 9.86 Å². The first-order chi connectivity index (χ1) is 19.3. The number of halogens is 3. The monoisotopic (exact) mass is 605 g/mol. The van der Waals surface area contributed by atoms with Gasteiger partial charge in [-0.05, 0) is 24.1 Å². The number of anilines is 1. The highest BCUT2D eigenvalue weighted by Gasteiger charge is 2.57. The van der Waals surface area contributed by atoms with Crippen molar-refractivity contribution in [1.82, 2.24) is 9.55 Å². The Kier molecular flexibility index (Phi) is 10.4. The number of benzene rings is 1. The fourth-order valence-corrected chi connectivity index (χ4v) is 4.22. The van der Waals surface area contributed by atoms with Gasteiger partial charge in [0.05, 0.1) is 6.61 Å². The highest BCUT2D eigenvalue weighted by molar-refractivity contribution is 7.33. The third-order valence-corrected chi connectivity index (χ3v) is 6.38. The van der Waals surface area contributed by atoms with Crippen molar-refractivity contribution in [3.8, 4) is 0 Å². The number of esters is 1. The van der Waals surface area contributed by atoms with Crippen LogP contribution in [-0.4, -0.2) is 68.8 Å². The zero-order chi connectivity index (χ0) is 30.4. The van der Waals surface area contributed by atoms with Crippen LogP contribution in [0.2, 0.25) is 0 Å². The van der Waals surface area contributed by atoms with E-state index in [0.29, 0.717) is 10.1 Å². The second-order valence-corrected chi connectivity index (χ2v) is 9.35. The molecule has 222 valence electrons. The minimum Gasteiger partial charge on any atom is -0.583 e. The Morgan fingerprint density at radius 2 is 2.05 bits per heavy atom. The lowest BCUT2D eigenvalue weighted by atomic mass is 10.1. The smallest absolute Gasteiger partial charge is 0.444 e. The summed E-state index contributed by atoms with van der Waals surface area (Å²) >= 11 is 0. The Bertz CT molecular complexity index is 1360. The number of hydrogen-bond donors (Lipinski definition) is 3. The van der Waals surface area contributed by atoms with E-state index in [4.69, 9.17) is 20.7 Å². The molecule has 2 aromatic rings. The number of carbonyl (C=O) groups is 1. The maximum Gasteiger partial charge on any atom is 0.444 e. The average Bonchev–Trinajstić information content (AvgIpc) is 3.15. The first-order valence-electron chi connectivity index (χ1n) is 11.5. The summed E-state index contributed by atoms with van der Waals surface area (Å²) in [6.45, 7) is -0.464. The molecule has 1 aromatic heterocycles. The number of azide groups is 1. The van der Waals surface area contributed by atoms with Gasteiger partial charge in [-0.3, -0.25) is 4.57 Å². The van der Waals surface area contributed by atoms with Crippen LogP contribution in [0.3, 0.4) is 0 Å². The van der Waals surface area contributed by atoms with Gasteiger partial charge in [0.2, 0.25) is 5.72 Å². The van der Waals surface area contributed by atoms with Gasteiger partial charge >= 0.3 is 32.3 Å². The Hall–Kier alpha value is -3.67. The Morgan fingerprint density at radius 3 is 2.66 bits per heavy atom. The maximum absolute atomic E-state index is 13.6. The zero-order valence-corrected chi connectivity index (χ0v) is 21.8.